The Bertz CT molecular complexity index is 745. The number of benzene rings is 1. The molecule has 2 aliphatic rings. The number of pyridine rings is 1. The number of carbonyl (C=O) groups is 1. The molecule has 1 amide bonds. The Morgan fingerprint density at radius 3 is 2.62 bits per heavy atom. The van der Waals surface area contributed by atoms with Crippen LogP contribution in [0.3, 0.4) is 0 Å². The number of aromatic nitrogens is 1. The smallest absolute Gasteiger partial charge is 0.264 e. The van der Waals surface area contributed by atoms with E-state index >= 15 is 0 Å². The molecule has 1 aromatic heterocycles. The zero-order valence-corrected chi connectivity index (χ0v) is 14.6. The van der Waals surface area contributed by atoms with Gasteiger partial charge in [-0.25, -0.2) is 0 Å². The summed E-state index contributed by atoms with van der Waals surface area (Å²) in [7, 11) is 0. The summed E-state index contributed by atoms with van der Waals surface area (Å²) in [5.41, 5.74) is 1.22. The number of rotatable bonds is 4. The first-order chi connectivity index (χ1) is 12.8. The first kappa shape index (κ1) is 16.7. The van der Waals surface area contributed by atoms with Crippen LogP contribution in [0.15, 0.2) is 48.8 Å². The first-order valence-corrected chi connectivity index (χ1v) is 9.11. The number of piperidine rings is 1. The van der Waals surface area contributed by atoms with Crippen molar-refractivity contribution in [1.29, 1.82) is 0 Å². The van der Waals surface area contributed by atoms with E-state index in [0.29, 0.717) is 24.0 Å². The molecular weight excluding hydrogens is 330 g/mol. The van der Waals surface area contributed by atoms with Crippen molar-refractivity contribution in [1.82, 2.24) is 10.3 Å². The van der Waals surface area contributed by atoms with Gasteiger partial charge >= 0.3 is 0 Å². The third-order valence-electron chi connectivity index (χ3n) is 5.01. The molecule has 136 valence electrons. The van der Waals surface area contributed by atoms with Gasteiger partial charge in [0.2, 0.25) is 6.10 Å². The van der Waals surface area contributed by atoms with Gasteiger partial charge in [-0.1, -0.05) is 12.1 Å². The molecule has 0 radical (unpaired) electrons. The molecule has 1 unspecified atom stereocenters. The Hall–Kier alpha value is -2.76. The van der Waals surface area contributed by atoms with Crippen LogP contribution in [0.1, 0.15) is 12.8 Å². The molecule has 1 saturated heterocycles. The zero-order valence-electron chi connectivity index (χ0n) is 14.6. The number of amides is 1. The minimum absolute atomic E-state index is 0.101. The van der Waals surface area contributed by atoms with Crippen LogP contribution in [0.5, 0.6) is 11.5 Å². The van der Waals surface area contributed by atoms with E-state index in [1.807, 2.05) is 48.8 Å². The molecule has 26 heavy (non-hydrogen) atoms. The number of carbonyl (C=O) groups excluding carboxylic acids is 1. The Morgan fingerprint density at radius 2 is 1.85 bits per heavy atom. The van der Waals surface area contributed by atoms with Crippen LogP contribution in [-0.4, -0.2) is 43.2 Å². The lowest BCUT2D eigenvalue weighted by Gasteiger charge is -2.34. The largest absolute Gasteiger partial charge is 0.485 e. The molecule has 6 heteroatoms. The van der Waals surface area contributed by atoms with E-state index in [1.54, 1.807) is 0 Å². The molecule has 0 aliphatic carbocycles. The van der Waals surface area contributed by atoms with Crippen molar-refractivity contribution < 1.29 is 14.3 Å². The fourth-order valence-electron chi connectivity index (χ4n) is 3.46. The summed E-state index contributed by atoms with van der Waals surface area (Å²) in [5.74, 6) is 1.72. The lowest BCUT2D eigenvalue weighted by atomic mass is 9.96. The summed E-state index contributed by atoms with van der Waals surface area (Å²) in [4.78, 5) is 18.8. The lowest BCUT2D eigenvalue weighted by molar-refractivity contribution is -0.130. The first-order valence-electron chi connectivity index (χ1n) is 9.11. The molecule has 6 nitrogen and oxygen atoms in total. The highest BCUT2D eigenvalue weighted by molar-refractivity contribution is 5.81. The minimum atomic E-state index is -0.582. The second kappa shape index (κ2) is 7.64. The summed E-state index contributed by atoms with van der Waals surface area (Å²) in [6.07, 6.45) is 5.20. The summed E-state index contributed by atoms with van der Waals surface area (Å²) in [5, 5.41) is 3.04. The average Bonchev–Trinajstić information content (AvgIpc) is 2.72. The second-order valence-corrected chi connectivity index (χ2v) is 6.75. The third kappa shape index (κ3) is 3.74. The Balaban J connectivity index is 1.23. The SMILES string of the molecule is O=C(NCC1CCN(c2ccncc2)CC1)C1COc2ccccc2O1. The number of hydrogen-bond acceptors (Lipinski definition) is 5. The van der Waals surface area contributed by atoms with Crippen LogP contribution in [0.4, 0.5) is 5.69 Å². The van der Waals surface area contributed by atoms with Crippen LogP contribution in [-0.2, 0) is 4.79 Å². The lowest BCUT2D eigenvalue weighted by Crippen LogP contribution is -2.46. The van der Waals surface area contributed by atoms with Gasteiger partial charge in [0.15, 0.2) is 11.5 Å². The van der Waals surface area contributed by atoms with Gasteiger partial charge in [0.1, 0.15) is 6.61 Å². The molecule has 1 N–H and O–H groups in total. The molecule has 2 aliphatic heterocycles. The van der Waals surface area contributed by atoms with Gasteiger partial charge < -0.3 is 19.7 Å². The van der Waals surface area contributed by atoms with E-state index < -0.39 is 6.10 Å². The maximum Gasteiger partial charge on any atom is 0.264 e. The van der Waals surface area contributed by atoms with E-state index in [1.165, 1.54) is 5.69 Å². The van der Waals surface area contributed by atoms with E-state index in [2.05, 4.69) is 15.2 Å². The molecular formula is C20H23N3O3. The van der Waals surface area contributed by atoms with Crippen LogP contribution < -0.4 is 19.7 Å². The number of anilines is 1. The van der Waals surface area contributed by atoms with Crippen LogP contribution in [0.2, 0.25) is 0 Å². The molecule has 0 saturated carbocycles. The monoisotopic (exact) mass is 353 g/mol. The van der Waals surface area contributed by atoms with Crippen molar-refractivity contribution in [3.05, 3.63) is 48.8 Å². The fourth-order valence-corrected chi connectivity index (χ4v) is 3.46. The van der Waals surface area contributed by atoms with E-state index in [0.717, 1.165) is 25.9 Å². The molecule has 2 aromatic rings. The fraction of sp³-hybridized carbons (Fsp3) is 0.400. The van der Waals surface area contributed by atoms with Crippen molar-refractivity contribution in [2.24, 2.45) is 5.92 Å². The van der Waals surface area contributed by atoms with Gasteiger partial charge in [-0.2, -0.15) is 0 Å². The maximum absolute atomic E-state index is 12.4. The van der Waals surface area contributed by atoms with Crippen LogP contribution in [0.25, 0.3) is 0 Å². The third-order valence-corrected chi connectivity index (χ3v) is 5.01. The summed E-state index contributed by atoms with van der Waals surface area (Å²) >= 11 is 0. The van der Waals surface area contributed by atoms with Crippen molar-refractivity contribution in [2.75, 3.05) is 31.1 Å². The molecule has 1 fully saturated rings. The minimum Gasteiger partial charge on any atom is -0.485 e. The van der Waals surface area contributed by atoms with Crippen molar-refractivity contribution in [3.63, 3.8) is 0 Å². The number of hydrogen-bond donors (Lipinski definition) is 1. The van der Waals surface area contributed by atoms with Gasteiger partial charge in [0.25, 0.3) is 5.91 Å². The highest BCUT2D eigenvalue weighted by Crippen LogP contribution is 2.31. The highest BCUT2D eigenvalue weighted by atomic mass is 16.6. The normalized spacial score (nSPS) is 19.8. The van der Waals surface area contributed by atoms with Gasteiger partial charge in [-0.05, 0) is 43.0 Å². The number of fused-ring (bicyclic) bond motifs is 1. The van der Waals surface area contributed by atoms with Gasteiger partial charge in [-0.15, -0.1) is 0 Å². The summed E-state index contributed by atoms with van der Waals surface area (Å²) < 4.78 is 11.4. The molecule has 3 heterocycles. The van der Waals surface area contributed by atoms with Gasteiger partial charge in [-0.3, -0.25) is 9.78 Å². The molecule has 1 aromatic carbocycles. The van der Waals surface area contributed by atoms with Crippen molar-refractivity contribution >= 4 is 11.6 Å². The van der Waals surface area contributed by atoms with E-state index in [4.69, 9.17) is 9.47 Å². The maximum atomic E-state index is 12.4. The number of nitrogens with zero attached hydrogens (tertiary/aromatic N) is 2. The number of para-hydroxylation sites is 2. The Labute approximate surface area is 153 Å². The van der Waals surface area contributed by atoms with E-state index in [9.17, 15) is 4.79 Å². The molecule has 0 spiro atoms. The Kier molecular flexibility index (Phi) is 4.91. The summed E-state index contributed by atoms with van der Waals surface area (Å²) in [6.45, 7) is 2.94. The average molecular weight is 353 g/mol. The van der Waals surface area contributed by atoms with Crippen molar-refractivity contribution in [2.45, 2.75) is 18.9 Å². The molecule has 0 bridgehead atoms. The number of ether oxygens (including phenoxy) is 2. The van der Waals surface area contributed by atoms with Crippen LogP contribution >= 0.6 is 0 Å². The summed E-state index contributed by atoms with van der Waals surface area (Å²) in [6, 6.07) is 11.5. The van der Waals surface area contributed by atoms with Crippen LogP contribution in [0, 0.1) is 5.92 Å². The molecule has 1 atom stereocenters. The van der Waals surface area contributed by atoms with E-state index in [-0.39, 0.29) is 12.5 Å². The quantitative estimate of drug-likeness (QED) is 0.913. The molecule has 4 rings (SSSR count). The van der Waals surface area contributed by atoms with Gasteiger partial charge in [0, 0.05) is 37.7 Å². The predicted octanol–water partition coefficient (Wildman–Crippen LogP) is 2.25. The Morgan fingerprint density at radius 1 is 1.12 bits per heavy atom. The van der Waals surface area contributed by atoms with Gasteiger partial charge in [0.05, 0.1) is 0 Å². The topological polar surface area (TPSA) is 63.7 Å². The van der Waals surface area contributed by atoms with Crippen molar-refractivity contribution in [3.8, 4) is 11.5 Å². The number of nitrogens with one attached hydrogen (secondary N) is 1. The standard InChI is InChI=1S/C20H23N3O3/c24-20(19-14-25-17-3-1-2-4-18(17)26-19)22-13-15-7-11-23(12-8-15)16-5-9-21-10-6-16/h1-6,9-10,15,19H,7-8,11-14H2,(H,22,24). The highest BCUT2D eigenvalue weighted by Gasteiger charge is 2.28. The second-order valence-electron chi connectivity index (χ2n) is 6.75. The zero-order chi connectivity index (χ0) is 17.8. The predicted molar refractivity (Wildman–Crippen MR) is 98.5 cm³/mol.